The molecule has 2 aliphatic rings. The van der Waals surface area contributed by atoms with Crippen molar-refractivity contribution in [1.29, 1.82) is 0 Å². The zero-order chi connectivity index (χ0) is 27.3. The zero-order valence-electron chi connectivity index (χ0n) is 23.4. The van der Waals surface area contributed by atoms with Gasteiger partial charge in [0.2, 0.25) is 0 Å². The van der Waals surface area contributed by atoms with E-state index in [-0.39, 0.29) is 5.41 Å². The molecular formula is C33H36N6O. The van der Waals surface area contributed by atoms with Crippen molar-refractivity contribution in [3.8, 4) is 34.0 Å². The van der Waals surface area contributed by atoms with Crippen molar-refractivity contribution in [2.24, 2.45) is 0 Å². The molecule has 0 bridgehead atoms. The van der Waals surface area contributed by atoms with Gasteiger partial charge >= 0.3 is 0 Å². The van der Waals surface area contributed by atoms with Gasteiger partial charge in [0.1, 0.15) is 23.1 Å². The van der Waals surface area contributed by atoms with Crippen LogP contribution in [-0.4, -0.2) is 33.0 Å². The van der Waals surface area contributed by atoms with Gasteiger partial charge in [-0.2, -0.15) is 0 Å². The van der Waals surface area contributed by atoms with Crippen LogP contribution in [0.5, 0.6) is 11.5 Å². The Kier molecular flexibility index (Phi) is 6.21. The molecule has 40 heavy (non-hydrogen) atoms. The molecule has 0 saturated carbocycles. The Bertz CT molecular complexity index is 1690. The number of nitrogens with zero attached hydrogens (tertiary/aromatic N) is 2. The van der Waals surface area contributed by atoms with E-state index in [0.29, 0.717) is 6.04 Å². The Balaban J connectivity index is 1.17. The summed E-state index contributed by atoms with van der Waals surface area (Å²) in [5.74, 6) is 3.72. The molecule has 3 aromatic carbocycles. The van der Waals surface area contributed by atoms with Crippen LogP contribution in [0, 0.1) is 0 Å². The molecule has 0 amide bonds. The lowest BCUT2D eigenvalue weighted by Crippen LogP contribution is -2.24. The smallest absolute Gasteiger partial charge is 0.137 e. The molecule has 2 aromatic heterocycles. The summed E-state index contributed by atoms with van der Waals surface area (Å²) in [5, 5.41) is 6.96. The number of H-pyrrole nitrogens is 2. The number of hydrogen-bond acceptors (Lipinski definition) is 5. The number of ether oxygens (including phenoxy) is 1. The van der Waals surface area contributed by atoms with Gasteiger partial charge in [-0.25, -0.2) is 9.97 Å². The van der Waals surface area contributed by atoms with Gasteiger partial charge in [-0.05, 0) is 79.9 Å². The molecule has 7 nitrogen and oxygen atoms in total. The van der Waals surface area contributed by atoms with Crippen LogP contribution in [0.2, 0.25) is 0 Å². The first kappa shape index (κ1) is 25.1. The largest absolute Gasteiger partial charge is 0.457 e. The molecule has 7 heteroatoms. The fourth-order valence-corrected chi connectivity index (χ4v) is 6.11. The maximum absolute atomic E-state index is 6.53. The minimum absolute atomic E-state index is 0.216. The Morgan fingerprint density at radius 1 is 0.950 bits per heavy atom. The van der Waals surface area contributed by atoms with Crippen LogP contribution in [0.25, 0.3) is 33.5 Å². The summed E-state index contributed by atoms with van der Waals surface area (Å²) in [5.41, 5.74) is 8.65. The van der Waals surface area contributed by atoms with Gasteiger partial charge in [0, 0.05) is 40.5 Å². The number of aromatic amines is 2. The van der Waals surface area contributed by atoms with Crippen molar-refractivity contribution in [2.75, 3.05) is 13.1 Å². The second kappa shape index (κ2) is 9.91. The van der Waals surface area contributed by atoms with Crippen LogP contribution in [0.1, 0.15) is 68.7 Å². The van der Waals surface area contributed by atoms with Crippen LogP contribution in [0.3, 0.4) is 0 Å². The highest BCUT2D eigenvalue weighted by molar-refractivity contribution is 5.83. The quantitative estimate of drug-likeness (QED) is 0.170. The fourth-order valence-electron chi connectivity index (χ4n) is 6.11. The van der Waals surface area contributed by atoms with Gasteiger partial charge in [-0.1, -0.05) is 39.0 Å². The molecule has 4 heterocycles. The number of benzene rings is 3. The molecular weight excluding hydrogens is 496 g/mol. The third-order valence-electron chi connectivity index (χ3n) is 8.40. The lowest BCUT2D eigenvalue weighted by Gasteiger charge is -2.35. The maximum Gasteiger partial charge on any atom is 0.137 e. The van der Waals surface area contributed by atoms with E-state index in [9.17, 15) is 0 Å². The van der Waals surface area contributed by atoms with Gasteiger partial charge in [-0.3, -0.25) is 0 Å². The third-order valence-corrected chi connectivity index (χ3v) is 8.40. The number of fused-ring (bicyclic) bond motifs is 3. The highest BCUT2D eigenvalue weighted by Gasteiger charge is 2.35. The Labute approximate surface area is 234 Å². The van der Waals surface area contributed by atoms with E-state index in [1.165, 1.54) is 17.5 Å². The molecule has 1 fully saturated rings. The molecule has 0 spiro atoms. The van der Waals surface area contributed by atoms with Gasteiger partial charge in [-0.15, -0.1) is 0 Å². The molecule has 1 saturated heterocycles. The zero-order valence-corrected chi connectivity index (χ0v) is 23.4. The predicted octanol–water partition coefficient (Wildman–Crippen LogP) is 6.98. The monoisotopic (exact) mass is 532 g/mol. The minimum Gasteiger partial charge on any atom is -0.457 e. The minimum atomic E-state index is -0.216. The Morgan fingerprint density at radius 3 is 2.65 bits per heavy atom. The number of hydrogen-bond donors (Lipinski definition) is 4. The summed E-state index contributed by atoms with van der Waals surface area (Å²) in [7, 11) is 0. The molecule has 204 valence electrons. The van der Waals surface area contributed by atoms with Crippen LogP contribution in [0.4, 0.5) is 0 Å². The standard InChI is InChI=1S/C33H36N6O/c1-4-13-34-18-23-19-36-31(37-23)22-9-12-29-25(15-22)33(2,3)24-10-7-21(17-30(24)40-29)20-8-11-26-28(16-20)39-32(38-26)27-6-5-14-35-27/h7-12,15-17,19,27,34-35H,4-6,13-14,18H2,1-3H3,(H,36,37)(H,38,39). The average molecular weight is 533 g/mol. The lowest BCUT2D eigenvalue weighted by molar-refractivity contribution is 0.418. The molecule has 0 radical (unpaired) electrons. The van der Waals surface area contributed by atoms with Crippen LogP contribution in [-0.2, 0) is 12.0 Å². The van der Waals surface area contributed by atoms with Gasteiger partial charge in [0.25, 0.3) is 0 Å². The summed E-state index contributed by atoms with van der Waals surface area (Å²) in [6.07, 6.45) is 5.36. The first-order valence-electron chi connectivity index (χ1n) is 14.4. The first-order valence-corrected chi connectivity index (χ1v) is 14.4. The molecule has 4 N–H and O–H groups in total. The number of imidazole rings is 2. The second-order valence-corrected chi connectivity index (χ2v) is 11.6. The SMILES string of the molecule is CCCNCc1cnc(-c2ccc3c(c2)C(C)(C)c2ccc(-c4ccc5nc(C6CCCN6)[nH]c5c4)cc2O3)[nH]1. The fraction of sp³-hybridized carbons (Fsp3) is 0.333. The third kappa shape index (κ3) is 4.39. The Hall–Kier alpha value is -3.94. The van der Waals surface area contributed by atoms with Crippen LogP contribution >= 0.6 is 0 Å². The molecule has 2 aliphatic heterocycles. The van der Waals surface area contributed by atoms with Gasteiger partial charge in [0.05, 0.1) is 17.1 Å². The van der Waals surface area contributed by atoms with E-state index in [1.54, 1.807) is 0 Å². The van der Waals surface area contributed by atoms with Crippen molar-refractivity contribution in [3.05, 3.63) is 83.4 Å². The number of rotatable bonds is 7. The maximum atomic E-state index is 6.53. The highest BCUT2D eigenvalue weighted by Crippen LogP contribution is 2.49. The van der Waals surface area contributed by atoms with E-state index in [4.69, 9.17) is 9.72 Å². The average Bonchev–Trinajstić information content (AvgIpc) is 3.73. The highest BCUT2D eigenvalue weighted by atomic mass is 16.5. The second-order valence-electron chi connectivity index (χ2n) is 11.6. The molecule has 7 rings (SSSR count). The summed E-state index contributed by atoms with van der Waals surface area (Å²) in [6, 6.07) is 19.8. The molecule has 5 aromatic rings. The van der Waals surface area contributed by atoms with Gasteiger partial charge in [0.15, 0.2) is 0 Å². The van der Waals surface area contributed by atoms with E-state index < -0.39 is 0 Å². The molecule has 0 aliphatic carbocycles. The van der Waals surface area contributed by atoms with Crippen LogP contribution in [0.15, 0.2) is 60.8 Å². The predicted molar refractivity (Wildman–Crippen MR) is 160 cm³/mol. The molecule has 1 atom stereocenters. The summed E-state index contributed by atoms with van der Waals surface area (Å²) in [4.78, 5) is 16.5. The summed E-state index contributed by atoms with van der Waals surface area (Å²) < 4.78 is 6.53. The molecule has 1 unspecified atom stereocenters. The normalized spacial score (nSPS) is 17.5. The lowest BCUT2D eigenvalue weighted by atomic mass is 9.75. The Morgan fingerprint density at radius 2 is 1.80 bits per heavy atom. The van der Waals surface area contributed by atoms with Crippen molar-refractivity contribution < 1.29 is 4.74 Å². The van der Waals surface area contributed by atoms with E-state index >= 15 is 0 Å². The van der Waals surface area contributed by atoms with E-state index in [0.717, 1.165) is 89.0 Å². The van der Waals surface area contributed by atoms with Crippen molar-refractivity contribution in [3.63, 3.8) is 0 Å². The first-order chi connectivity index (χ1) is 19.5. The topological polar surface area (TPSA) is 90.7 Å². The summed E-state index contributed by atoms with van der Waals surface area (Å²) >= 11 is 0. The van der Waals surface area contributed by atoms with Crippen LogP contribution < -0.4 is 15.4 Å². The van der Waals surface area contributed by atoms with Crippen molar-refractivity contribution in [2.45, 2.75) is 58.0 Å². The number of nitrogens with one attached hydrogen (secondary N) is 4. The van der Waals surface area contributed by atoms with Crippen molar-refractivity contribution in [1.82, 2.24) is 30.6 Å². The summed E-state index contributed by atoms with van der Waals surface area (Å²) in [6.45, 7) is 9.57. The van der Waals surface area contributed by atoms with E-state index in [1.807, 2.05) is 6.20 Å². The van der Waals surface area contributed by atoms with Gasteiger partial charge < -0.3 is 25.3 Å². The number of aromatic nitrogens is 4. The van der Waals surface area contributed by atoms with Crippen molar-refractivity contribution >= 4 is 11.0 Å². The van der Waals surface area contributed by atoms with E-state index in [2.05, 4.69) is 101 Å².